The Balaban J connectivity index is 1.75. The fraction of sp³-hybridized carbons (Fsp3) is 0.500. The number of piperidine rings is 1. The maximum absolute atomic E-state index is 11.9. The van der Waals surface area contributed by atoms with Gasteiger partial charge in [-0.15, -0.1) is 0 Å². The summed E-state index contributed by atoms with van der Waals surface area (Å²) in [5, 5.41) is 8.75. The Morgan fingerprint density at radius 2 is 1.87 bits per heavy atom. The monoisotopic (exact) mass is 339 g/mol. The number of ether oxygens (including phenoxy) is 1. The second kappa shape index (κ2) is 8.17. The first kappa shape index (κ1) is 17.6. The molecule has 6 nitrogen and oxygen atoms in total. The Bertz CT molecular complexity index is 563. The van der Waals surface area contributed by atoms with Crippen LogP contribution < -0.4 is 20.7 Å². The molecule has 3 amide bonds. The molecule has 0 unspecified atom stereocenters. The third-order valence-corrected chi connectivity index (χ3v) is 4.42. The summed E-state index contributed by atoms with van der Waals surface area (Å²) < 4.78 is 5.47. The van der Waals surface area contributed by atoms with Crippen molar-refractivity contribution in [2.75, 3.05) is 19.8 Å². The van der Waals surface area contributed by atoms with Crippen molar-refractivity contribution in [2.45, 2.75) is 26.7 Å². The second-order valence-corrected chi connectivity index (χ2v) is 6.06. The highest BCUT2D eigenvalue weighted by molar-refractivity contribution is 6.32. The van der Waals surface area contributed by atoms with Gasteiger partial charge in [0.1, 0.15) is 5.75 Å². The molecular weight excluding hydrogens is 318 g/mol. The molecule has 0 aromatic heterocycles. The van der Waals surface area contributed by atoms with Gasteiger partial charge in [0, 0.05) is 10.9 Å². The standard InChI is InChI=1S/C16H22ClN3O3/c1-10-7-13(8-11(2)14(10)17)23-9-19-16(22)20-15(21)12-3-5-18-6-4-12/h7-8,12,18H,3-6,9H2,1-2H3,(H2,19,20,21,22). The van der Waals surface area contributed by atoms with Crippen LogP contribution in [-0.2, 0) is 4.79 Å². The molecule has 0 spiro atoms. The molecule has 126 valence electrons. The predicted octanol–water partition coefficient (Wildman–Crippen LogP) is 2.12. The van der Waals surface area contributed by atoms with Gasteiger partial charge in [0.2, 0.25) is 5.91 Å². The Kier molecular flexibility index (Phi) is 6.24. The van der Waals surface area contributed by atoms with Crippen LogP contribution in [0.1, 0.15) is 24.0 Å². The summed E-state index contributed by atoms with van der Waals surface area (Å²) in [6, 6.07) is 3.06. The summed E-state index contributed by atoms with van der Waals surface area (Å²) >= 11 is 6.09. The van der Waals surface area contributed by atoms with Crippen LogP contribution in [0.2, 0.25) is 5.02 Å². The number of carbonyl (C=O) groups is 2. The third-order valence-electron chi connectivity index (χ3n) is 3.83. The van der Waals surface area contributed by atoms with E-state index in [9.17, 15) is 9.59 Å². The highest BCUT2D eigenvalue weighted by Gasteiger charge is 2.22. The minimum Gasteiger partial charge on any atom is -0.473 e. The van der Waals surface area contributed by atoms with Crippen molar-refractivity contribution in [3.63, 3.8) is 0 Å². The highest BCUT2D eigenvalue weighted by Crippen LogP contribution is 2.25. The van der Waals surface area contributed by atoms with E-state index in [0.29, 0.717) is 10.8 Å². The average Bonchev–Trinajstić information content (AvgIpc) is 2.53. The Morgan fingerprint density at radius 1 is 1.26 bits per heavy atom. The number of amides is 3. The van der Waals surface area contributed by atoms with Crippen LogP contribution in [0.15, 0.2) is 12.1 Å². The molecule has 0 atom stereocenters. The first-order valence-electron chi connectivity index (χ1n) is 7.66. The average molecular weight is 340 g/mol. The van der Waals surface area contributed by atoms with E-state index in [2.05, 4.69) is 16.0 Å². The molecule has 0 radical (unpaired) electrons. The van der Waals surface area contributed by atoms with Crippen molar-refractivity contribution in [2.24, 2.45) is 5.92 Å². The zero-order chi connectivity index (χ0) is 16.8. The molecule has 3 N–H and O–H groups in total. The Hall–Kier alpha value is -1.79. The predicted molar refractivity (Wildman–Crippen MR) is 88.7 cm³/mol. The number of nitrogens with one attached hydrogen (secondary N) is 3. The quantitative estimate of drug-likeness (QED) is 0.734. The number of carbonyl (C=O) groups excluding carboxylic acids is 2. The third kappa shape index (κ3) is 5.11. The number of rotatable bonds is 4. The molecule has 7 heteroatoms. The molecule has 1 saturated heterocycles. The van der Waals surface area contributed by atoms with Gasteiger partial charge in [0.15, 0.2) is 6.73 Å². The molecular formula is C16H22ClN3O3. The number of hydrogen-bond donors (Lipinski definition) is 3. The fourth-order valence-corrected chi connectivity index (χ4v) is 2.63. The zero-order valence-corrected chi connectivity index (χ0v) is 14.1. The molecule has 1 heterocycles. The molecule has 2 rings (SSSR count). The summed E-state index contributed by atoms with van der Waals surface area (Å²) in [5.74, 6) is 0.279. The van der Waals surface area contributed by atoms with Crippen molar-refractivity contribution < 1.29 is 14.3 Å². The SMILES string of the molecule is Cc1cc(OCNC(=O)NC(=O)C2CCNCC2)cc(C)c1Cl. The Morgan fingerprint density at radius 3 is 2.48 bits per heavy atom. The lowest BCUT2D eigenvalue weighted by molar-refractivity contribution is -0.124. The van der Waals surface area contributed by atoms with Gasteiger partial charge in [-0.25, -0.2) is 4.79 Å². The van der Waals surface area contributed by atoms with E-state index in [1.54, 1.807) is 12.1 Å². The maximum atomic E-state index is 11.9. The number of halogens is 1. The van der Waals surface area contributed by atoms with E-state index in [-0.39, 0.29) is 18.6 Å². The van der Waals surface area contributed by atoms with Crippen molar-refractivity contribution in [3.05, 3.63) is 28.3 Å². The normalized spacial score (nSPS) is 15.1. The number of benzene rings is 1. The summed E-state index contributed by atoms with van der Waals surface area (Å²) in [7, 11) is 0. The van der Waals surface area contributed by atoms with E-state index in [1.165, 1.54) is 0 Å². The smallest absolute Gasteiger partial charge is 0.324 e. The highest BCUT2D eigenvalue weighted by atomic mass is 35.5. The van der Waals surface area contributed by atoms with Crippen LogP contribution in [0.5, 0.6) is 5.75 Å². The largest absolute Gasteiger partial charge is 0.473 e. The zero-order valence-electron chi connectivity index (χ0n) is 13.4. The van der Waals surface area contributed by atoms with Crippen LogP contribution >= 0.6 is 11.6 Å². The van der Waals surface area contributed by atoms with Crippen LogP contribution in [0.3, 0.4) is 0 Å². The molecule has 23 heavy (non-hydrogen) atoms. The summed E-state index contributed by atoms with van der Waals surface area (Å²) in [5.41, 5.74) is 1.82. The number of aryl methyl sites for hydroxylation is 2. The number of imide groups is 1. The summed E-state index contributed by atoms with van der Waals surface area (Å²) in [4.78, 5) is 23.6. The van der Waals surface area contributed by atoms with E-state index in [0.717, 1.165) is 37.1 Å². The molecule has 1 fully saturated rings. The first-order chi connectivity index (χ1) is 11.0. The lowest BCUT2D eigenvalue weighted by atomic mass is 9.97. The van der Waals surface area contributed by atoms with Crippen LogP contribution in [-0.4, -0.2) is 31.8 Å². The van der Waals surface area contributed by atoms with Crippen molar-refractivity contribution >= 4 is 23.5 Å². The minimum absolute atomic E-state index is 0.0220. The number of hydrogen-bond acceptors (Lipinski definition) is 4. The van der Waals surface area contributed by atoms with Crippen molar-refractivity contribution in [1.29, 1.82) is 0 Å². The molecule has 0 saturated carbocycles. The molecule has 1 aromatic rings. The van der Waals surface area contributed by atoms with Crippen molar-refractivity contribution in [1.82, 2.24) is 16.0 Å². The van der Waals surface area contributed by atoms with Gasteiger partial charge in [-0.2, -0.15) is 0 Å². The first-order valence-corrected chi connectivity index (χ1v) is 8.04. The topological polar surface area (TPSA) is 79.5 Å². The molecule has 0 aliphatic carbocycles. The van der Waals surface area contributed by atoms with Crippen LogP contribution in [0.25, 0.3) is 0 Å². The van der Waals surface area contributed by atoms with Gasteiger partial charge in [-0.1, -0.05) is 11.6 Å². The van der Waals surface area contributed by atoms with E-state index < -0.39 is 6.03 Å². The van der Waals surface area contributed by atoms with Crippen molar-refractivity contribution in [3.8, 4) is 5.75 Å². The fourth-order valence-electron chi connectivity index (χ4n) is 2.52. The minimum atomic E-state index is -0.545. The van der Waals surface area contributed by atoms with Crippen LogP contribution in [0, 0.1) is 19.8 Å². The summed E-state index contributed by atoms with van der Waals surface area (Å²) in [6.07, 6.45) is 1.50. The lowest BCUT2D eigenvalue weighted by Gasteiger charge is -2.21. The van der Waals surface area contributed by atoms with Crippen LogP contribution in [0.4, 0.5) is 4.79 Å². The molecule has 0 bridgehead atoms. The Labute approximate surface area is 140 Å². The van der Waals surface area contributed by atoms with Gasteiger partial charge in [0.05, 0.1) is 0 Å². The summed E-state index contributed by atoms with van der Waals surface area (Å²) in [6.45, 7) is 5.36. The van der Waals surface area contributed by atoms with Gasteiger partial charge >= 0.3 is 6.03 Å². The number of urea groups is 1. The lowest BCUT2D eigenvalue weighted by Crippen LogP contribution is -2.45. The van der Waals surface area contributed by atoms with Gasteiger partial charge in [-0.3, -0.25) is 10.1 Å². The molecule has 1 aliphatic heterocycles. The maximum Gasteiger partial charge on any atom is 0.324 e. The van der Waals surface area contributed by atoms with E-state index in [1.807, 2.05) is 13.8 Å². The molecule has 1 aliphatic rings. The molecule has 1 aromatic carbocycles. The van der Waals surface area contributed by atoms with E-state index >= 15 is 0 Å². The second-order valence-electron chi connectivity index (χ2n) is 5.68. The van der Waals surface area contributed by atoms with Gasteiger partial charge < -0.3 is 15.4 Å². The van der Waals surface area contributed by atoms with E-state index in [4.69, 9.17) is 16.3 Å². The van der Waals surface area contributed by atoms with Gasteiger partial charge in [-0.05, 0) is 63.0 Å². The van der Waals surface area contributed by atoms with Gasteiger partial charge in [0.25, 0.3) is 0 Å².